The number of nitrogens with zero attached hydrogens (tertiary/aromatic N) is 1. The first-order valence-corrected chi connectivity index (χ1v) is 9.57. The minimum Gasteiger partial charge on any atom is -0.493 e. The zero-order chi connectivity index (χ0) is 21.6. The number of carbonyl (C=O) groups excluding carboxylic acids is 3. The quantitative estimate of drug-likeness (QED) is 0.499. The van der Waals surface area contributed by atoms with Crippen LogP contribution in [0, 0.1) is 5.92 Å². The molecule has 0 saturated carbocycles. The van der Waals surface area contributed by atoms with Gasteiger partial charge in [-0.05, 0) is 23.6 Å². The number of hydrogen-bond donors (Lipinski definition) is 3. The maximum Gasteiger partial charge on any atom is 0.325 e. The molecule has 160 valence electrons. The molecule has 29 heavy (non-hydrogen) atoms. The van der Waals surface area contributed by atoms with Gasteiger partial charge in [-0.2, -0.15) is 0 Å². The third kappa shape index (κ3) is 5.38. The summed E-state index contributed by atoms with van der Waals surface area (Å²) in [5.41, 5.74) is 0.688. The van der Waals surface area contributed by atoms with Gasteiger partial charge >= 0.3 is 6.03 Å². The molecule has 0 aromatic heterocycles. The van der Waals surface area contributed by atoms with Gasteiger partial charge in [0.15, 0.2) is 11.5 Å². The summed E-state index contributed by atoms with van der Waals surface area (Å²) >= 11 is 0. The van der Waals surface area contributed by atoms with Crippen LogP contribution in [0.1, 0.15) is 32.3 Å². The van der Waals surface area contributed by atoms with Crippen LogP contribution < -0.4 is 20.1 Å². The van der Waals surface area contributed by atoms with E-state index >= 15 is 0 Å². The number of imide groups is 1. The molecule has 2 rings (SSSR count). The van der Waals surface area contributed by atoms with E-state index < -0.39 is 23.9 Å². The summed E-state index contributed by atoms with van der Waals surface area (Å²) in [7, 11) is 3.02. The number of benzene rings is 1. The van der Waals surface area contributed by atoms with Crippen molar-refractivity contribution < 1.29 is 29.0 Å². The van der Waals surface area contributed by atoms with Gasteiger partial charge in [-0.1, -0.05) is 26.3 Å². The van der Waals surface area contributed by atoms with Crippen molar-refractivity contribution in [3.8, 4) is 11.5 Å². The highest BCUT2D eigenvalue weighted by molar-refractivity contribution is 6.05. The number of amides is 4. The summed E-state index contributed by atoms with van der Waals surface area (Å²) < 4.78 is 10.4. The molecule has 1 heterocycles. The number of rotatable bonds is 10. The summed E-state index contributed by atoms with van der Waals surface area (Å²) in [6.45, 7) is 3.76. The Hall–Kier alpha value is -2.81. The van der Waals surface area contributed by atoms with Gasteiger partial charge in [0.2, 0.25) is 5.91 Å². The zero-order valence-electron chi connectivity index (χ0n) is 17.2. The molecular weight excluding hydrogens is 378 g/mol. The van der Waals surface area contributed by atoms with Gasteiger partial charge in [0, 0.05) is 0 Å². The van der Waals surface area contributed by atoms with Crippen LogP contribution in [0.3, 0.4) is 0 Å². The topological polar surface area (TPSA) is 117 Å². The van der Waals surface area contributed by atoms with E-state index in [0.717, 1.165) is 11.3 Å². The Morgan fingerprint density at radius 2 is 1.97 bits per heavy atom. The molecule has 4 amide bonds. The van der Waals surface area contributed by atoms with Crippen molar-refractivity contribution in [2.45, 2.75) is 45.3 Å². The average Bonchev–Trinajstić information content (AvgIpc) is 2.98. The van der Waals surface area contributed by atoms with Crippen LogP contribution >= 0.6 is 0 Å². The van der Waals surface area contributed by atoms with Crippen molar-refractivity contribution in [2.75, 3.05) is 20.8 Å². The molecule has 0 bridgehead atoms. The van der Waals surface area contributed by atoms with Crippen molar-refractivity contribution in [3.63, 3.8) is 0 Å². The van der Waals surface area contributed by atoms with Gasteiger partial charge < -0.3 is 25.2 Å². The fraction of sp³-hybridized carbons (Fsp3) is 0.550. The van der Waals surface area contributed by atoms with E-state index in [-0.39, 0.29) is 31.5 Å². The highest BCUT2D eigenvalue weighted by atomic mass is 16.5. The Bertz CT molecular complexity index is 754. The predicted molar refractivity (Wildman–Crippen MR) is 106 cm³/mol. The number of urea groups is 1. The van der Waals surface area contributed by atoms with Crippen molar-refractivity contribution in [2.24, 2.45) is 5.92 Å². The lowest BCUT2D eigenvalue weighted by Crippen LogP contribution is -2.44. The lowest BCUT2D eigenvalue weighted by molar-refractivity contribution is -0.131. The summed E-state index contributed by atoms with van der Waals surface area (Å²) in [6, 6.07) is 3.25. The molecule has 9 heteroatoms. The molecule has 1 aliphatic rings. The van der Waals surface area contributed by atoms with Gasteiger partial charge in [0.25, 0.3) is 5.91 Å². The number of aliphatic hydroxyl groups is 1. The van der Waals surface area contributed by atoms with E-state index in [1.165, 1.54) is 14.2 Å². The molecule has 0 aliphatic carbocycles. The summed E-state index contributed by atoms with van der Waals surface area (Å²) in [4.78, 5) is 38.2. The van der Waals surface area contributed by atoms with Crippen molar-refractivity contribution >= 4 is 17.8 Å². The lowest BCUT2D eigenvalue weighted by atomic mass is 9.99. The number of carbonyl (C=O) groups is 3. The molecule has 1 aliphatic heterocycles. The van der Waals surface area contributed by atoms with Crippen LogP contribution in [0.15, 0.2) is 18.2 Å². The van der Waals surface area contributed by atoms with E-state index in [1.54, 1.807) is 18.2 Å². The first kappa shape index (κ1) is 22.5. The first-order chi connectivity index (χ1) is 13.8. The van der Waals surface area contributed by atoms with E-state index in [2.05, 4.69) is 10.6 Å². The lowest BCUT2D eigenvalue weighted by Gasteiger charge is -2.22. The van der Waals surface area contributed by atoms with Crippen LogP contribution in [0.25, 0.3) is 0 Å². The molecule has 0 spiro atoms. The molecule has 1 saturated heterocycles. The Balaban J connectivity index is 2.01. The minimum absolute atomic E-state index is 0.0509. The van der Waals surface area contributed by atoms with Gasteiger partial charge in [-0.25, -0.2) is 4.79 Å². The van der Waals surface area contributed by atoms with Gasteiger partial charge in [0.1, 0.15) is 6.04 Å². The molecule has 3 atom stereocenters. The average molecular weight is 407 g/mol. The van der Waals surface area contributed by atoms with E-state index in [4.69, 9.17) is 9.47 Å². The molecule has 0 radical (unpaired) electrons. The third-order valence-electron chi connectivity index (χ3n) is 5.16. The minimum atomic E-state index is -0.932. The Labute approximate surface area is 170 Å². The predicted octanol–water partition coefficient (Wildman–Crippen LogP) is 1.04. The normalized spacial score (nSPS) is 18.2. The van der Waals surface area contributed by atoms with Crippen LogP contribution in [-0.2, 0) is 16.1 Å². The molecule has 1 fully saturated rings. The molecule has 9 nitrogen and oxygen atoms in total. The van der Waals surface area contributed by atoms with Gasteiger partial charge in [-0.15, -0.1) is 0 Å². The number of hydrogen-bond acceptors (Lipinski definition) is 6. The molecule has 1 aromatic carbocycles. The van der Waals surface area contributed by atoms with Crippen molar-refractivity contribution in [1.29, 1.82) is 0 Å². The second kappa shape index (κ2) is 10.1. The summed E-state index contributed by atoms with van der Waals surface area (Å²) in [5, 5.41) is 14.7. The second-order valence-electron chi connectivity index (χ2n) is 7.06. The standard InChI is InChI=1S/C20H29N3O6/c1-5-12(2)15(11-24)21-18(25)9-14-19(26)23(20(27)22-14)10-13-6-7-16(28-3)17(8-13)29-4/h6-8,12,14-15,24H,5,9-11H2,1-4H3,(H,21,25)(H,22,27)/t12-,14-,15+/m0/s1. The van der Waals surface area contributed by atoms with E-state index in [9.17, 15) is 19.5 Å². The van der Waals surface area contributed by atoms with Crippen LogP contribution in [0.2, 0.25) is 0 Å². The zero-order valence-corrected chi connectivity index (χ0v) is 17.2. The number of ether oxygens (including phenoxy) is 2. The maximum absolute atomic E-state index is 12.6. The van der Waals surface area contributed by atoms with E-state index in [0.29, 0.717) is 17.1 Å². The first-order valence-electron chi connectivity index (χ1n) is 9.57. The van der Waals surface area contributed by atoms with E-state index in [1.807, 2.05) is 13.8 Å². The molecule has 0 unspecified atom stereocenters. The smallest absolute Gasteiger partial charge is 0.325 e. The van der Waals surface area contributed by atoms with Crippen LogP contribution in [-0.4, -0.2) is 60.8 Å². The SMILES string of the molecule is CC[C@H](C)[C@@H](CO)NC(=O)C[C@@H]1NC(=O)N(Cc2ccc(OC)c(OC)c2)C1=O. The molecule has 1 aromatic rings. The maximum atomic E-state index is 12.6. The molecule has 3 N–H and O–H groups in total. The number of methoxy groups -OCH3 is 2. The highest BCUT2D eigenvalue weighted by Crippen LogP contribution is 2.28. The Kier molecular flexibility index (Phi) is 7.83. The Morgan fingerprint density at radius 3 is 2.55 bits per heavy atom. The fourth-order valence-corrected chi connectivity index (χ4v) is 3.13. The van der Waals surface area contributed by atoms with Gasteiger partial charge in [-0.3, -0.25) is 14.5 Å². The third-order valence-corrected chi connectivity index (χ3v) is 5.16. The van der Waals surface area contributed by atoms with Crippen LogP contribution in [0.4, 0.5) is 4.79 Å². The fourth-order valence-electron chi connectivity index (χ4n) is 3.13. The second-order valence-corrected chi connectivity index (χ2v) is 7.06. The van der Waals surface area contributed by atoms with Crippen molar-refractivity contribution in [3.05, 3.63) is 23.8 Å². The van der Waals surface area contributed by atoms with Gasteiger partial charge in [0.05, 0.1) is 39.8 Å². The largest absolute Gasteiger partial charge is 0.493 e. The highest BCUT2D eigenvalue weighted by Gasteiger charge is 2.39. The number of nitrogens with one attached hydrogen (secondary N) is 2. The van der Waals surface area contributed by atoms with Crippen molar-refractivity contribution in [1.82, 2.24) is 15.5 Å². The number of aliphatic hydroxyl groups excluding tert-OH is 1. The summed E-state index contributed by atoms with van der Waals surface area (Å²) in [5.74, 6) is 0.273. The summed E-state index contributed by atoms with van der Waals surface area (Å²) in [6.07, 6.45) is 0.615. The van der Waals surface area contributed by atoms with Crippen LogP contribution in [0.5, 0.6) is 11.5 Å². The molecular formula is C20H29N3O6. The Morgan fingerprint density at radius 1 is 1.28 bits per heavy atom. The monoisotopic (exact) mass is 407 g/mol.